The Bertz CT molecular complexity index is 995. The molecule has 0 atom stereocenters. The quantitative estimate of drug-likeness (QED) is 0.754. The van der Waals surface area contributed by atoms with Crippen molar-refractivity contribution in [3.05, 3.63) is 64.7 Å². The molecule has 0 saturated heterocycles. The van der Waals surface area contributed by atoms with Gasteiger partial charge in [0.05, 0.1) is 10.9 Å². The van der Waals surface area contributed by atoms with E-state index in [0.717, 1.165) is 25.1 Å². The lowest BCUT2D eigenvalue weighted by molar-refractivity contribution is 0.262. The molecule has 0 fully saturated rings. The molecule has 2 aromatic carbocycles. The molecule has 25 heavy (non-hydrogen) atoms. The summed E-state index contributed by atoms with van der Waals surface area (Å²) in [6.45, 7) is 0.712. The Balaban J connectivity index is 1.61. The molecule has 2 N–H and O–H groups in total. The highest BCUT2D eigenvalue weighted by atomic mass is 16.2. The Morgan fingerprint density at radius 2 is 1.80 bits per heavy atom. The van der Waals surface area contributed by atoms with Gasteiger partial charge in [0.25, 0.3) is 5.56 Å². The SMILES string of the molecule is O=C(Nc1ccccc1)Nc1ccc2nc3n(c(=O)c2c1)CCCC3. The van der Waals surface area contributed by atoms with Gasteiger partial charge in [-0.3, -0.25) is 9.36 Å². The molecule has 0 radical (unpaired) electrons. The number of urea groups is 1. The van der Waals surface area contributed by atoms with Crippen molar-refractivity contribution >= 4 is 28.3 Å². The number of rotatable bonds is 2. The monoisotopic (exact) mass is 334 g/mol. The highest BCUT2D eigenvalue weighted by Gasteiger charge is 2.15. The number of benzene rings is 2. The summed E-state index contributed by atoms with van der Waals surface area (Å²) in [6.07, 6.45) is 2.90. The van der Waals surface area contributed by atoms with Crippen LogP contribution in [0.2, 0.25) is 0 Å². The number of fused-ring (bicyclic) bond motifs is 2. The molecule has 1 aromatic heterocycles. The van der Waals surface area contributed by atoms with E-state index in [9.17, 15) is 9.59 Å². The van der Waals surface area contributed by atoms with Gasteiger partial charge in [0.1, 0.15) is 5.82 Å². The summed E-state index contributed by atoms with van der Waals surface area (Å²) >= 11 is 0. The fraction of sp³-hybridized carbons (Fsp3) is 0.211. The number of aryl methyl sites for hydroxylation is 1. The predicted molar refractivity (Wildman–Crippen MR) is 98.0 cm³/mol. The number of nitrogens with one attached hydrogen (secondary N) is 2. The summed E-state index contributed by atoms with van der Waals surface area (Å²) in [5.74, 6) is 0.853. The van der Waals surface area contributed by atoms with E-state index in [0.29, 0.717) is 28.8 Å². The number of carbonyl (C=O) groups is 1. The van der Waals surface area contributed by atoms with Crippen molar-refractivity contribution in [1.29, 1.82) is 0 Å². The fourth-order valence-corrected chi connectivity index (χ4v) is 3.13. The Morgan fingerprint density at radius 3 is 2.64 bits per heavy atom. The molecule has 1 aliphatic heterocycles. The zero-order chi connectivity index (χ0) is 17.2. The summed E-state index contributed by atoms with van der Waals surface area (Å²) in [5, 5.41) is 6.05. The maximum absolute atomic E-state index is 12.7. The van der Waals surface area contributed by atoms with Gasteiger partial charge in [0, 0.05) is 24.3 Å². The van der Waals surface area contributed by atoms with Crippen LogP contribution in [0.5, 0.6) is 0 Å². The van der Waals surface area contributed by atoms with Crippen molar-refractivity contribution in [1.82, 2.24) is 9.55 Å². The number of amides is 2. The molecule has 6 nitrogen and oxygen atoms in total. The lowest BCUT2D eigenvalue weighted by Gasteiger charge is -2.18. The van der Waals surface area contributed by atoms with E-state index in [1.807, 2.05) is 30.3 Å². The fourth-order valence-electron chi connectivity index (χ4n) is 3.13. The van der Waals surface area contributed by atoms with Crippen LogP contribution in [0.4, 0.5) is 16.2 Å². The van der Waals surface area contributed by atoms with E-state index in [-0.39, 0.29) is 11.6 Å². The Hall–Kier alpha value is -3.15. The second-order valence-corrected chi connectivity index (χ2v) is 6.12. The van der Waals surface area contributed by atoms with Crippen LogP contribution in [-0.4, -0.2) is 15.6 Å². The van der Waals surface area contributed by atoms with Crippen LogP contribution >= 0.6 is 0 Å². The van der Waals surface area contributed by atoms with Crippen LogP contribution in [0, 0.1) is 0 Å². The first-order valence-electron chi connectivity index (χ1n) is 8.37. The van der Waals surface area contributed by atoms with Gasteiger partial charge in [0.2, 0.25) is 0 Å². The molecule has 3 aromatic rings. The Morgan fingerprint density at radius 1 is 1.00 bits per heavy atom. The van der Waals surface area contributed by atoms with Crippen LogP contribution in [0.1, 0.15) is 18.7 Å². The van der Waals surface area contributed by atoms with Crippen molar-refractivity contribution in [2.45, 2.75) is 25.8 Å². The lowest BCUT2D eigenvalue weighted by atomic mass is 10.1. The van der Waals surface area contributed by atoms with Gasteiger partial charge in [-0.05, 0) is 43.2 Å². The molecule has 0 spiro atoms. The van der Waals surface area contributed by atoms with Crippen molar-refractivity contribution in [3.8, 4) is 0 Å². The van der Waals surface area contributed by atoms with Crippen molar-refractivity contribution in [3.63, 3.8) is 0 Å². The third-order valence-electron chi connectivity index (χ3n) is 4.35. The number of hydrogen-bond acceptors (Lipinski definition) is 3. The number of anilines is 2. The smallest absolute Gasteiger partial charge is 0.308 e. The van der Waals surface area contributed by atoms with E-state index in [2.05, 4.69) is 15.6 Å². The minimum Gasteiger partial charge on any atom is -0.308 e. The first kappa shape index (κ1) is 15.4. The summed E-state index contributed by atoms with van der Waals surface area (Å²) in [4.78, 5) is 29.4. The number of para-hydroxylation sites is 1. The summed E-state index contributed by atoms with van der Waals surface area (Å²) in [7, 11) is 0. The van der Waals surface area contributed by atoms with E-state index in [1.54, 1.807) is 22.8 Å². The third kappa shape index (κ3) is 3.10. The van der Waals surface area contributed by atoms with Gasteiger partial charge in [-0.1, -0.05) is 18.2 Å². The number of carbonyl (C=O) groups excluding carboxylic acids is 1. The first-order valence-corrected chi connectivity index (χ1v) is 8.37. The average Bonchev–Trinajstić information content (AvgIpc) is 2.63. The molecule has 1 aliphatic rings. The van der Waals surface area contributed by atoms with E-state index in [4.69, 9.17) is 0 Å². The summed E-state index contributed by atoms with van der Waals surface area (Å²) in [6, 6.07) is 14.1. The maximum atomic E-state index is 12.7. The third-order valence-corrected chi connectivity index (χ3v) is 4.35. The number of nitrogens with zero attached hydrogens (tertiary/aromatic N) is 2. The van der Waals surface area contributed by atoms with E-state index in [1.165, 1.54) is 0 Å². The normalized spacial score (nSPS) is 13.3. The van der Waals surface area contributed by atoms with Crippen molar-refractivity contribution < 1.29 is 4.79 Å². The minimum absolute atomic E-state index is 0.0354. The van der Waals surface area contributed by atoms with Crippen LogP contribution in [0.3, 0.4) is 0 Å². The second kappa shape index (κ2) is 6.39. The molecule has 6 heteroatoms. The van der Waals surface area contributed by atoms with Gasteiger partial charge in [-0.2, -0.15) is 0 Å². The van der Waals surface area contributed by atoms with Crippen LogP contribution in [0.25, 0.3) is 10.9 Å². The molecule has 4 rings (SSSR count). The molecule has 126 valence electrons. The van der Waals surface area contributed by atoms with Gasteiger partial charge >= 0.3 is 6.03 Å². The second-order valence-electron chi connectivity index (χ2n) is 6.12. The average molecular weight is 334 g/mol. The highest BCUT2D eigenvalue weighted by molar-refractivity contribution is 6.00. The molecular formula is C19H18N4O2. The molecular weight excluding hydrogens is 316 g/mol. The molecule has 2 amide bonds. The lowest BCUT2D eigenvalue weighted by Crippen LogP contribution is -2.28. The van der Waals surface area contributed by atoms with Crippen LogP contribution < -0.4 is 16.2 Å². The van der Waals surface area contributed by atoms with Crippen LogP contribution in [-0.2, 0) is 13.0 Å². The number of aromatic nitrogens is 2. The van der Waals surface area contributed by atoms with Crippen molar-refractivity contribution in [2.24, 2.45) is 0 Å². The zero-order valence-electron chi connectivity index (χ0n) is 13.7. The highest BCUT2D eigenvalue weighted by Crippen LogP contribution is 2.18. The molecule has 0 unspecified atom stereocenters. The van der Waals surface area contributed by atoms with Gasteiger partial charge in [0.15, 0.2) is 0 Å². The molecule has 2 heterocycles. The van der Waals surface area contributed by atoms with Gasteiger partial charge < -0.3 is 10.6 Å². The molecule has 0 saturated carbocycles. The predicted octanol–water partition coefficient (Wildman–Crippen LogP) is 3.38. The summed E-state index contributed by atoms with van der Waals surface area (Å²) in [5.41, 5.74) is 1.91. The zero-order valence-corrected chi connectivity index (χ0v) is 13.7. The van der Waals surface area contributed by atoms with Crippen LogP contribution in [0.15, 0.2) is 53.3 Å². The minimum atomic E-state index is -0.350. The first-order chi connectivity index (χ1) is 12.2. The largest absolute Gasteiger partial charge is 0.323 e. The topological polar surface area (TPSA) is 76.0 Å². The van der Waals surface area contributed by atoms with E-state index >= 15 is 0 Å². The van der Waals surface area contributed by atoms with Crippen molar-refractivity contribution in [2.75, 3.05) is 10.6 Å². The Kier molecular flexibility index (Phi) is 3.93. The summed E-state index contributed by atoms with van der Waals surface area (Å²) < 4.78 is 1.75. The van der Waals surface area contributed by atoms with Gasteiger partial charge in [-0.15, -0.1) is 0 Å². The molecule has 0 bridgehead atoms. The van der Waals surface area contributed by atoms with E-state index < -0.39 is 0 Å². The standard InChI is InChI=1S/C19H18N4O2/c24-18-15-12-14(21-19(25)20-13-6-2-1-3-7-13)9-10-16(15)22-17-8-4-5-11-23(17)18/h1-3,6-7,9-10,12H,4-5,8,11H2,(H2,20,21,25). The molecule has 0 aliphatic carbocycles. The Labute approximate surface area is 144 Å². The maximum Gasteiger partial charge on any atom is 0.323 e. The van der Waals surface area contributed by atoms with Gasteiger partial charge in [-0.25, -0.2) is 9.78 Å². The number of hydrogen-bond donors (Lipinski definition) is 2.